The van der Waals surface area contributed by atoms with Gasteiger partial charge < -0.3 is 20.1 Å². The number of thiocarbonyl (C=S) groups is 1. The Balaban J connectivity index is 2.27. The highest BCUT2D eigenvalue weighted by atomic mass is 32.1. The molecule has 0 unspecified atom stereocenters. The maximum absolute atomic E-state index is 12.5. The zero-order valence-corrected chi connectivity index (χ0v) is 17.1. The van der Waals surface area contributed by atoms with Gasteiger partial charge in [0.25, 0.3) is 5.56 Å². The van der Waals surface area contributed by atoms with E-state index in [1.54, 1.807) is 0 Å². The molecule has 2 N–H and O–H groups in total. The van der Waals surface area contributed by atoms with E-state index in [4.69, 9.17) is 12.2 Å². The van der Waals surface area contributed by atoms with Crippen LogP contribution in [-0.4, -0.2) is 53.1 Å². The fourth-order valence-corrected chi connectivity index (χ4v) is 3.21. The molecule has 1 aromatic carbocycles. The highest BCUT2D eigenvalue weighted by Gasteiger charge is 2.13. The average Bonchev–Trinajstić information content (AvgIpc) is 2.67. The quantitative estimate of drug-likeness (QED) is 0.696. The van der Waals surface area contributed by atoms with E-state index in [9.17, 15) is 4.79 Å². The van der Waals surface area contributed by atoms with Crippen molar-refractivity contribution in [1.82, 2.24) is 20.1 Å². The molecule has 0 saturated carbocycles. The predicted octanol–water partition coefficient (Wildman–Crippen LogP) is 2.74. The molecule has 0 atom stereocenters. The highest BCUT2D eigenvalue weighted by Crippen LogP contribution is 2.15. The molecule has 0 bridgehead atoms. The van der Waals surface area contributed by atoms with Gasteiger partial charge in [-0.15, -0.1) is 0 Å². The third-order valence-corrected chi connectivity index (χ3v) is 5.30. The van der Waals surface area contributed by atoms with Gasteiger partial charge in [0.1, 0.15) is 0 Å². The largest absolute Gasteiger partial charge is 0.366 e. The van der Waals surface area contributed by atoms with Gasteiger partial charge >= 0.3 is 0 Å². The molecule has 0 amide bonds. The van der Waals surface area contributed by atoms with Gasteiger partial charge in [-0.05, 0) is 60.9 Å². The van der Waals surface area contributed by atoms with Gasteiger partial charge in [0.15, 0.2) is 5.11 Å². The van der Waals surface area contributed by atoms with E-state index in [0.29, 0.717) is 11.7 Å². The molecule has 0 aliphatic heterocycles. The fraction of sp³-hybridized carbons (Fsp3) is 0.500. The van der Waals surface area contributed by atoms with E-state index in [-0.39, 0.29) is 5.56 Å². The molecule has 1 aromatic heterocycles. The number of fused-ring (bicyclic) bond motifs is 1. The van der Waals surface area contributed by atoms with E-state index < -0.39 is 0 Å². The number of aromatic nitrogens is 1. The summed E-state index contributed by atoms with van der Waals surface area (Å²) < 4.78 is 0. The molecule has 0 aliphatic carbocycles. The summed E-state index contributed by atoms with van der Waals surface area (Å²) in [6.45, 7) is 10.7. The molecule has 142 valence electrons. The lowest BCUT2D eigenvalue weighted by Crippen LogP contribution is -2.43. The third-order valence-electron chi connectivity index (χ3n) is 4.84. The van der Waals surface area contributed by atoms with Gasteiger partial charge in [-0.1, -0.05) is 26.8 Å². The van der Waals surface area contributed by atoms with Gasteiger partial charge in [0, 0.05) is 31.2 Å². The molecule has 5 nitrogen and oxygen atoms in total. The van der Waals surface area contributed by atoms with Gasteiger partial charge in [-0.25, -0.2) is 0 Å². The maximum atomic E-state index is 12.5. The molecule has 2 aromatic rings. The number of rotatable bonds is 8. The molecule has 2 rings (SSSR count). The Kier molecular flexibility index (Phi) is 7.60. The lowest BCUT2D eigenvalue weighted by molar-refractivity contribution is 0.264. The lowest BCUT2D eigenvalue weighted by Gasteiger charge is -2.28. The molecule has 0 radical (unpaired) electrons. The summed E-state index contributed by atoms with van der Waals surface area (Å²) in [4.78, 5) is 19.9. The third kappa shape index (κ3) is 5.05. The summed E-state index contributed by atoms with van der Waals surface area (Å²) in [6, 6.07) is 8.18. The first-order chi connectivity index (χ1) is 12.5. The fourth-order valence-electron chi connectivity index (χ4n) is 3.06. The number of hydrogen-bond acceptors (Lipinski definition) is 3. The first-order valence-electron chi connectivity index (χ1n) is 9.36. The molecular weight excluding hydrogens is 344 g/mol. The Morgan fingerprint density at radius 1 is 1.15 bits per heavy atom. The minimum absolute atomic E-state index is 0.0477. The van der Waals surface area contributed by atoms with Crippen molar-refractivity contribution in [2.24, 2.45) is 0 Å². The van der Waals surface area contributed by atoms with Crippen molar-refractivity contribution in [3.05, 3.63) is 45.7 Å². The number of hydrogen-bond donors (Lipinski definition) is 2. The Labute approximate surface area is 161 Å². The van der Waals surface area contributed by atoms with Crippen molar-refractivity contribution in [3.63, 3.8) is 0 Å². The molecule has 6 heteroatoms. The second-order valence-electron chi connectivity index (χ2n) is 6.40. The van der Waals surface area contributed by atoms with Crippen LogP contribution in [0.1, 0.15) is 31.9 Å². The van der Waals surface area contributed by atoms with Crippen LogP contribution in [0, 0.1) is 0 Å². The van der Waals surface area contributed by atoms with Crippen LogP contribution in [0.2, 0.25) is 0 Å². The topological polar surface area (TPSA) is 51.4 Å². The number of nitrogens with zero attached hydrogens (tertiary/aromatic N) is 2. The Morgan fingerprint density at radius 2 is 1.88 bits per heavy atom. The second kappa shape index (κ2) is 9.69. The van der Waals surface area contributed by atoms with E-state index in [1.165, 1.54) is 5.56 Å². The lowest BCUT2D eigenvalue weighted by atomic mass is 10.1. The van der Waals surface area contributed by atoms with Crippen molar-refractivity contribution in [2.75, 3.05) is 33.2 Å². The monoisotopic (exact) mass is 374 g/mol. The number of likely N-dealkylation sites (N-methyl/N-ethyl adjacent to an activating group) is 1. The van der Waals surface area contributed by atoms with Crippen LogP contribution in [0.4, 0.5) is 0 Å². The number of H-pyrrole nitrogens is 1. The first kappa shape index (κ1) is 20.4. The maximum Gasteiger partial charge on any atom is 0.253 e. The normalized spacial score (nSPS) is 11.1. The Morgan fingerprint density at radius 3 is 2.50 bits per heavy atom. The van der Waals surface area contributed by atoms with E-state index in [2.05, 4.69) is 53.0 Å². The Hall–Kier alpha value is -1.92. The summed E-state index contributed by atoms with van der Waals surface area (Å²) in [5.74, 6) is 0. The van der Waals surface area contributed by atoms with E-state index in [1.807, 2.05) is 19.2 Å². The van der Waals surface area contributed by atoms with Crippen molar-refractivity contribution < 1.29 is 0 Å². The van der Waals surface area contributed by atoms with Crippen molar-refractivity contribution >= 4 is 28.2 Å². The summed E-state index contributed by atoms with van der Waals surface area (Å²) in [7, 11) is 1.82. The second-order valence-corrected chi connectivity index (χ2v) is 6.79. The molecule has 0 aliphatic rings. The SMILES string of the molecule is CCc1ccc2[nH]c(=O)c(CN(CCN(CC)CC)C(=S)NC)cc2c1. The van der Waals surface area contributed by atoms with Crippen molar-refractivity contribution in [2.45, 2.75) is 33.7 Å². The van der Waals surface area contributed by atoms with Gasteiger partial charge in [0.2, 0.25) is 0 Å². The van der Waals surface area contributed by atoms with Gasteiger partial charge in [0.05, 0.1) is 6.54 Å². The molecule has 1 heterocycles. The van der Waals surface area contributed by atoms with Crippen LogP contribution in [0.5, 0.6) is 0 Å². The zero-order chi connectivity index (χ0) is 19.1. The number of aromatic amines is 1. The number of benzene rings is 1. The average molecular weight is 375 g/mol. The zero-order valence-electron chi connectivity index (χ0n) is 16.3. The molecule has 0 saturated heterocycles. The molecule has 0 spiro atoms. The molecule has 0 fully saturated rings. The summed E-state index contributed by atoms with van der Waals surface area (Å²) >= 11 is 5.46. The van der Waals surface area contributed by atoms with Crippen LogP contribution in [-0.2, 0) is 13.0 Å². The van der Waals surface area contributed by atoms with Crippen molar-refractivity contribution in [3.8, 4) is 0 Å². The number of pyridine rings is 1. The van der Waals surface area contributed by atoms with Crippen LogP contribution in [0.3, 0.4) is 0 Å². The standard InChI is InChI=1S/C20H30N4OS/c1-5-15-8-9-18-16(12-15)13-17(19(25)22-18)14-24(20(26)21-4)11-10-23(6-2)7-3/h8-9,12-13H,5-7,10-11,14H2,1-4H3,(H,21,26)(H,22,25). The number of aryl methyl sites for hydroxylation is 1. The smallest absolute Gasteiger partial charge is 0.253 e. The van der Waals surface area contributed by atoms with Crippen LogP contribution in [0.15, 0.2) is 29.1 Å². The highest BCUT2D eigenvalue weighted by molar-refractivity contribution is 7.80. The van der Waals surface area contributed by atoms with Gasteiger partial charge in [-0.3, -0.25) is 4.79 Å². The van der Waals surface area contributed by atoms with E-state index in [0.717, 1.165) is 49.1 Å². The number of nitrogens with one attached hydrogen (secondary N) is 2. The first-order valence-corrected chi connectivity index (χ1v) is 9.77. The predicted molar refractivity (Wildman–Crippen MR) is 114 cm³/mol. The van der Waals surface area contributed by atoms with Crippen LogP contribution >= 0.6 is 12.2 Å². The van der Waals surface area contributed by atoms with Crippen LogP contribution < -0.4 is 10.9 Å². The molecular formula is C20H30N4OS. The minimum atomic E-state index is -0.0477. The molecule has 26 heavy (non-hydrogen) atoms. The summed E-state index contributed by atoms with van der Waals surface area (Å²) in [5, 5.41) is 4.78. The van der Waals surface area contributed by atoms with Gasteiger partial charge in [-0.2, -0.15) is 0 Å². The minimum Gasteiger partial charge on any atom is -0.366 e. The Bertz CT molecular complexity index is 798. The van der Waals surface area contributed by atoms with Crippen LogP contribution in [0.25, 0.3) is 10.9 Å². The summed E-state index contributed by atoms with van der Waals surface area (Å²) in [5.41, 5.74) is 2.83. The summed E-state index contributed by atoms with van der Waals surface area (Å²) in [6.07, 6.45) is 0.976. The van der Waals surface area contributed by atoms with E-state index >= 15 is 0 Å². The van der Waals surface area contributed by atoms with Crippen molar-refractivity contribution in [1.29, 1.82) is 0 Å².